The second kappa shape index (κ2) is 9.18. The second-order valence-corrected chi connectivity index (χ2v) is 8.58. The van der Waals surface area contributed by atoms with E-state index in [1.54, 1.807) is 0 Å². The molecular formula is C23H33N5O2. The molecule has 2 fully saturated rings. The van der Waals surface area contributed by atoms with Crippen LogP contribution in [0.3, 0.4) is 0 Å². The Morgan fingerprint density at radius 3 is 2.60 bits per heavy atom. The van der Waals surface area contributed by atoms with Crippen LogP contribution in [0.1, 0.15) is 43.5 Å². The number of aromatic nitrogens is 2. The third-order valence-electron chi connectivity index (χ3n) is 6.40. The molecule has 1 saturated heterocycles. The van der Waals surface area contributed by atoms with Crippen LogP contribution in [-0.2, 0) is 4.74 Å². The Labute approximate surface area is 178 Å². The van der Waals surface area contributed by atoms with Gasteiger partial charge in [0.1, 0.15) is 0 Å². The average molecular weight is 412 g/mol. The number of hydrogen-bond donors (Lipinski definition) is 2. The molecule has 30 heavy (non-hydrogen) atoms. The largest absolute Gasteiger partial charge is 0.379 e. The molecule has 2 N–H and O–H groups in total. The van der Waals surface area contributed by atoms with Gasteiger partial charge in [-0.3, -0.25) is 4.90 Å². The van der Waals surface area contributed by atoms with Gasteiger partial charge < -0.3 is 15.4 Å². The normalized spacial score (nSPS) is 19.4. The number of nitrogens with zero attached hydrogens (tertiary/aromatic N) is 3. The summed E-state index contributed by atoms with van der Waals surface area (Å²) in [6.45, 7) is 8.16. The second-order valence-electron chi connectivity index (χ2n) is 8.58. The quantitative estimate of drug-likeness (QED) is 0.788. The molecule has 2 aliphatic rings. The van der Waals surface area contributed by atoms with E-state index in [1.807, 2.05) is 48.9 Å². The zero-order valence-corrected chi connectivity index (χ0v) is 18.1. The van der Waals surface area contributed by atoms with Crippen LogP contribution in [0.15, 0.2) is 30.3 Å². The maximum atomic E-state index is 12.7. The topological polar surface area (TPSA) is 71.4 Å². The van der Waals surface area contributed by atoms with Crippen LogP contribution in [0.2, 0.25) is 0 Å². The van der Waals surface area contributed by atoms with Crippen LogP contribution >= 0.6 is 0 Å². The summed E-state index contributed by atoms with van der Waals surface area (Å²) in [5, 5.41) is 10.7. The Bertz CT molecular complexity index is 866. The third kappa shape index (κ3) is 4.68. The minimum absolute atomic E-state index is 0.0604. The van der Waals surface area contributed by atoms with Crippen LogP contribution in [-0.4, -0.2) is 59.1 Å². The average Bonchev–Trinajstić information content (AvgIpc) is 3.12. The van der Waals surface area contributed by atoms with Crippen molar-refractivity contribution in [2.24, 2.45) is 0 Å². The minimum Gasteiger partial charge on any atom is -0.379 e. The molecule has 7 heteroatoms. The Hall–Kier alpha value is -2.38. The molecule has 7 nitrogen and oxygen atoms in total. The Morgan fingerprint density at radius 2 is 1.90 bits per heavy atom. The molecule has 0 atom stereocenters. The molecule has 1 saturated carbocycles. The number of amides is 2. The third-order valence-corrected chi connectivity index (χ3v) is 6.40. The van der Waals surface area contributed by atoms with Crippen LogP contribution < -0.4 is 10.6 Å². The van der Waals surface area contributed by atoms with Crippen molar-refractivity contribution in [3.8, 4) is 5.69 Å². The maximum absolute atomic E-state index is 12.7. The first-order valence-corrected chi connectivity index (χ1v) is 11.1. The van der Waals surface area contributed by atoms with Gasteiger partial charge in [-0.05, 0) is 51.0 Å². The van der Waals surface area contributed by atoms with E-state index in [-0.39, 0.29) is 11.6 Å². The lowest BCUT2D eigenvalue weighted by molar-refractivity contribution is -0.0356. The first kappa shape index (κ1) is 20.9. The summed E-state index contributed by atoms with van der Waals surface area (Å²) in [7, 11) is 0. The van der Waals surface area contributed by atoms with Gasteiger partial charge >= 0.3 is 6.03 Å². The van der Waals surface area contributed by atoms with Crippen molar-refractivity contribution in [1.29, 1.82) is 0 Å². The smallest absolute Gasteiger partial charge is 0.319 e. The molecule has 4 rings (SSSR count). The number of urea groups is 1. The fraction of sp³-hybridized carbons (Fsp3) is 0.565. The van der Waals surface area contributed by atoms with Crippen molar-refractivity contribution in [1.82, 2.24) is 20.0 Å². The molecule has 2 aromatic rings. The molecule has 0 spiro atoms. The highest BCUT2D eigenvalue weighted by Gasteiger charge is 2.38. The number of carbonyl (C=O) groups is 1. The minimum atomic E-state index is -0.154. The molecule has 0 unspecified atom stereocenters. The maximum Gasteiger partial charge on any atom is 0.319 e. The predicted molar refractivity (Wildman–Crippen MR) is 118 cm³/mol. The fourth-order valence-corrected chi connectivity index (χ4v) is 4.88. The van der Waals surface area contributed by atoms with E-state index in [4.69, 9.17) is 4.74 Å². The van der Waals surface area contributed by atoms with Crippen molar-refractivity contribution in [2.75, 3.05) is 38.2 Å². The van der Waals surface area contributed by atoms with Gasteiger partial charge in [0.15, 0.2) is 0 Å². The van der Waals surface area contributed by atoms with Gasteiger partial charge in [-0.15, -0.1) is 0 Å². The number of aryl methyl sites for hydroxylation is 2. The Kier molecular flexibility index (Phi) is 6.39. The van der Waals surface area contributed by atoms with Gasteiger partial charge in [-0.25, -0.2) is 9.48 Å². The van der Waals surface area contributed by atoms with Gasteiger partial charge in [0.25, 0.3) is 0 Å². The first-order chi connectivity index (χ1) is 14.6. The molecular weight excluding hydrogens is 378 g/mol. The number of anilines is 1. The van der Waals surface area contributed by atoms with E-state index in [0.717, 1.165) is 61.9 Å². The monoisotopic (exact) mass is 411 g/mol. The zero-order chi connectivity index (χ0) is 21.0. The Balaban J connectivity index is 1.40. The van der Waals surface area contributed by atoms with E-state index in [1.165, 1.54) is 19.3 Å². The number of morpholine rings is 1. The van der Waals surface area contributed by atoms with Gasteiger partial charge in [0, 0.05) is 36.6 Å². The van der Waals surface area contributed by atoms with Crippen LogP contribution in [0.5, 0.6) is 0 Å². The number of ether oxygens (including phenoxy) is 1. The molecule has 1 aliphatic carbocycles. The summed E-state index contributed by atoms with van der Waals surface area (Å²) in [6.07, 6.45) is 6.02. The highest BCUT2D eigenvalue weighted by Crippen LogP contribution is 2.34. The SMILES string of the molecule is Cc1cc(C)n(-c2cccc(NC(=O)NCC3(N4CCOCC4)CCCCC3)c2)n1. The van der Waals surface area contributed by atoms with Gasteiger partial charge in [0.05, 0.1) is 24.6 Å². The van der Waals surface area contributed by atoms with Crippen LogP contribution in [0.4, 0.5) is 10.5 Å². The highest BCUT2D eigenvalue weighted by atomic mass is 16.5. The number of nitrogens with one attached hydrogen (secondary N) is 2. The molecule has 0 bridgehead atoms. The summed E-state index contributed by atoms with van der Waals surface area (Å²) < 4.78 is 7.45. The summed E-state index contributed by atoms with van der Waals surface area (Å²) in [6, 6.07) is 9.70. The lowest BCUT2D eigenvalue weighted by Gasteiger charge is -2.48. The first-order valence-electron chi connectivity index (χ1n) is 11.1. The standard InChI is InChI=1S/C23H33N5O2/c1-18-15-19(2)28(26-18)21-8-6-7-20(16-21)25-22(29)24-17-23(9-4-3-5-10-23)27-11-13-30-14-12-27/h6-8,15-16H,3-5,9-14,17H2,1-2H3,(H2,24,25,29). The molecule has 2 heterocycles. The van der Waals surface area contributed by atoms with Gasteiger partial charge in [-0.1, -0.05) is 25.3 Å². The predicted octanol–water partition coefficient (Wildman–Crippen LogP) is 3.65. The molecule has 0 radical (unpaired) electrons. The fourth-order valence-electron chi connectivity index (χ4n) is 4.88. The van der Waals surface area contributed by atoms with Crippen LogP contribution in [0.25, 0.3) is 5.69 Å². The van der Waals surface area contributed by atoms with E-state index >= 15 is 0 Å². The summed E-state index contributed by atoms with van der Waals surface area (Å²) >= 11 is 0. The van der Waals surface area contributed by atoms with Crippen molar-refractivity contribution in [3.63, 3.8) is 0 Å². The number of carbonyl (C=O) groups excluding carboxylic acids is 1. The van der Waals surface area contributed by atoms with E-state index in [2.05, 4.69) is 20.6 Å². The van der Waals surface area contributed by atoms with Gasteiger partial charge in [0.2, 0.25) is 0 Å². The summed E-state index contributed by atoms with van der Waals surface area (Å²) in [5.41, 5.74) is 3.81. The molecule has 2 amide bonds. The van der Waals surface area contributed by atoms with Crippen molar-refractivity contribution >= 4 is 11.7 Å². The van der Waals surface area contributed by atoms with Crippen molar-refractivity contribution < 1.29 is 9.53 Å². The summed E-state index contributed by atoms with van der Waals surface area (Å²) in [5.74, 6) is 0. The Morgan fingerprint density at radius 1 is 1.13 bits per heavy atom. The van der Waals surface area contributed by atoms with Crippen molar-refractivity contribution in [3.05, 3.63) is 41.7 Å². The molecule has 1 aliphatic heterocycles. The van der Waals surface area contributed by atoms with E-state index in [9.17, 15) is 4.79 Å². The van der Waals surface area contributed by atoms with E-state index < -0.39 is 0 Å². The summed E-state index contributed by atoms with van der Waals surface area (Å²) in [4.78, 5) is 15.3. The molecule has 162 valence electrons. The lowest BCUT2D eigenvalue weighted by Crippen LogP contribution is -2.60. The van der Waals surface area contributed by atoms with E-state index in [0.29, 0.717) is 6.54 Å². The van der Waals surface area contributed by atoms with Gasteiger partial charge in [-0.2, -0.15) is 5.10 Å². The molecule has 1 aromatic heterocycles. The highest BCUT2D eigenvalue weighted by molar-refractivity contribution is 5.89. The number of rotatable bonds is 5. The molecule has 1 aromatic carbocycles. The van der Waals surface area contributed by atoms with Crippen molar-refractivity contribution in [2.45, 2.75) is 51.5 Å². The zero-order valence-electron chi connectivity index (χ0n) is 18.1. The van der Waals surface area contributed by atoms with Crippen LogP contribution in [0, 0.1) is 13.8 Å². The number of benzene rings is 1. The lowest BCUT2D eigenvalue weighted by atomic mass is 9.80. The number of hydrogen-bond acceptors (Lipinski definition) is 4.